The van der Waals surface area contributed by atoms with Gasteiger partial charge >= 0.3 is 5.97 Å². The van der Waals surface area contributed by atoms with Crippen molar-refractivity contribution in [1.82, 2.24) is 10.6 Å². The van der Waals surface area contributed by atoms with E-state index >= 15 is 0 Å². The molecule has 0 spiro atoms. The summed E-state index contributed by atoms with van der Waals surface area (Å²) in [6.07, 6.45) is 0.0807. The molecule has 176 valence electrons. The minimum atomic E-state index is -0.749. The van der Waals surface area contributed by atoms with Crippen LogP contribution in [-0.2, 0) is 30.3 Å². The van der Waals surface area contributed by atoms with Crippen molar-refractivity contribution in [3.63, 3.8) is 0 Å². The third-order valence-electron chi connectivity index (χ3n) is 4.62. The van der Waals surface area contributed by atoms with Gasteiger partial charge in [0.25, 0.3) is 5.91 Å². The normalized spacial score (nSPS) is 11.3. The molecule has 2 aromatic rings. The third kappa shape index (κ3) is 9.02. The van der Waals surface area contributed by atoms with Crippen LogP contribution in [0.15, 0.2) is 54.6 Å². The Kier molecular flexibility index (Phi) is 9.88. The summed E-state index contributed by atoms with van der Waals surface area (Å²) >= 11 is 0. The number of methoxy groups -OCH3 is 1. The van der Waals surface area contributed by atoms with E-state index in [0.717, 1.165) is 0 Å². The van der Waals surface area contributed by atoms with Crippen LogP contribution in [0, 0.1) is 5.92 Å². The minimum absolute atomic E-state index is 0.0807. The first-order chi connectivity index (χ1) is 15.8. The number of anilines is 1. The number of rotatable bonds is 11. The second kappa shape index (κ2) is 12.8. The van der Waals surface area contributed by atoms with Crippen LogP contribution < -0.4 is 20.7 Å². The number of amides is 3. The Morgan fingerprint density at radius 1 is 0.909 bits per heavy atom. The molecule has 1 unspecified atom stereocenters. The molecule has 0 saturated carbocycles. The fraction of sp³-hybridized carbons (Fsp3) is 0.333. The Morgan fingerprint density at radius 2 is 1.58 bits per heavy atom. The number of carbonyl (C=O) groups excluding carboxylic acids is 4. The van der Waals surface area contributed by atoms with E-state index in [1.165, 1.54) is 7.11 Å². The Morgan fingerprint density at radius 3 is 2.18 bits per heavy atom. The number of para-hydroxylation sites is 1. The Balaban J connectivity index is 1.86. The molecule has 9 heteroatoms. The molecule has 9 nitrogen and oxygen atoms in total. The van der Waals surface area contributed by atoms with E-state index in [9.17, 15) is 19.2 Å². The van der Waals surface area contributed by atoms with Gasteiger partial charge in [-0.2, -0.15) is 0 Å². The van der Waals surface area contributed by atoms with E-state index in [0.29, 0.717) is 17.0 Å². The van der Waals surface area contributed by atoms with Gasteiger partial charge in [-0.3, -0.25) is 19.2 Å². The summed E-state index contributed by atoms with van der Waals surface area (Å²) in [6, 6.07) is 14.9. The predicted molar refractivity (Wildman–Crippen MR) is 123 cm³/mol. The summed E-state index contributed by atoms with van der Waals surface area (Å²) in [4.78, 5) is 47.9. The molecular formula is C24H29N3O6. The molecule has 0 aliphatic heterocycles. The molecule has 0 aromatic heterocycles. The number of esters is 1. The lowest BCUT2D eigenvalue weighted by molar-refractivity contribution is -0.141. The zero-order chi connectivity index (χ0) is 24.2. The van der Waals surface area contributed by atoms with Crippen molar-refractivity contribution in [2.45, 2.75) is 26.3 Å². The van der Waals surface area contributed by atoms with Gasteiger partial charge in [-0.25, -0.2) is 0 Å². The number of carbonyl (C=O) groups is 4. The molecule has 0 heterocycles. The van der Waals surface area contributed by atoms with E-state index < -0.39 is 17.9 Å². The largest absolute Gasteiger partial charge is 0.484 e. The summed E-state index contributed by atoms with van der Waals surface area (Å²) < 4.78 is 9.90. The maximum atomic E-state index is 12.7. The second-order valence-electron chi connectivity index (χ2n) is 7.61. The first-order valence-corrected chi connectivity index (χ1v) is 10.5. The Hall–Kier alpha value is -3.88. The molecule has 0 fully saturated rings. The van der Waals surface area contributed by atoms with Gasteiger partial charge < -0.3 is 25.4 Å². The number of hydrogen-bond donors (Lipinski definition) is 3. The van der Waals surface area contributed by atoms with Crippen LogP contribution in [0.2, 0.25) is 0 Å². The lowest BCUT2D eigenvalue weighted by Gasteiger charge is -2.22. The summed E-state index contributed by atoms with van der Waals surface area (Å²) in [5, 5.41) is 7.94. The van der Waals surface area contributed by atoms with Crippen molar-refractivity contribution >= 4 is 29.4 Å². The Bertz CT molecular complexity index is 944. The van der Waals surface area contributed by atoms with Crippen molar-refractivity contribution < 1.29 is 28.7 Å². The molecule has 1 atom stereocenters. The standard InChI is InChI=1S/C24H29N3O6/c1-16(2)23(27-21(29)15-33-19-7-5-4-6-8-19)24(31)26-18-11-9-17(10-12-18)13-20(28)25-14-22(30)32-3/h4-12,16,23H,13-15H2,1-3H3,(H,25,28)(H,26,31)(H,27,29). The van der Waals surface area contributed by atoms with Gasteiger partial charge in [0, 0.05) is 5.69 Å². The summed E-state index contributed by atoms with van der Waals surface area (Å²) in [5.74, 6) is -1.19. The highest BCUT2D eigenvalue weighted by molar-refractivity contribution is 5.97. The van der Waals surface area contributed by atoms with Crippen LogP contribution >= 0.6 is 0 Å². The first-order valence-electron chi connectivity index (χ1n) is 10.5. The van der Waals surface area contributed by atoms with Crippen LogP contribution in [0.25, 0.3) is 0 Å². The molecule has 2 aromatic carbocycles. The van der Waals surface area contributed by atoms with Gasteiger partial charge in [0.2, 0.25) is 11.8 Å². The highest BCUT2D eigenvalue weighted by atomic mass is 16.5. The highest BCUT2D eigenvalue weighted by Gasteiger charge is 2.24. The molecule has 0 bridgehead atoms. The zero-order valence-electron chi connectivity index (χ0n) is 18.9. The molecule has 0 aliphatic carbocycles. The smallest absolute Gasteiger partial charge is 0.325 e. The van der Waals surface area contributed by atoms with E-state index in [4.69, 9.17) is 4.74 Å². The van der Waals surface area contributed by atoms with Crippen molar-refractivity contribution in [3.05, 3.63) is 60.2 Å². The lowest BCUT2D eigenvalue weighted by Crippen LogP contribution is -2.48. The first kappa shape index (κ1) is 25.4. The fourth-order valence-electron chi connectivity index (χ4n) is 2.83. The van der Waals surface area contributed by atoms with Crippen molar-refractivity contribution in [1.29, 1.82) is 0 Å². The predicted octanol–water partition coefficient (Wildman–Crippen LogP) is 1.68. The average Bonchev–Trinajstić information content (AvgIpc) is 2.81. The number of nitrogens with one attached hydrogen (secondary N) is 3. The van der Waals surface area contributed by atoms with Crippen LogP contribution in [-0.4, -0.2) is 50.0 Å². The van der Waals surface area contributed by atoms with Gasteiger partial charge in [-0.05, 0) is 35.7 Å². The topological polar surface area (TPSA) is 123 Å². The van der Waals surface area contributed by atoms with Gasteiger partial charge in [-0.15, -0.1) is 0 Å². The second-order valence-corrected chi connectivity index (χ2v) is 7.61. The van der Waals surface area contributed by atoms with E-state index in [1.54, 1.807) is 48.5 Å². The molecule has 2 rings (SSSR count). The van der Waals surface area contributed by atoms with Crippen molar-refractivity contribution in [2.75, 3.05) is 25.6 Å². The van der Waals surface area contributed by atoms with Gasteiger partial charge in [0.05, 0.1) is 13.5 Å². The van der Waals surface area contributed by atoms with Crippen molar-refractivity contribution in [2.24, 2.45) is 5.92 Å². The van der Waals surface area contributed by atoms with E-state index in [1.807, 2.05) is 19.9 Å². The monoisotopic (exact) mass is 455 g/mol. The molecule has 0 aliphatic rings. The number of hydrogen-bond acceptors (Lipinski definition) is 6. The van der Waals surface area contributed by atoms with Gasteiger partial charge in [0.1, 0.15) is 18.3 Å². The van der Waals surface area contributed by atoms with Crippen LogP contribution in [0.3, 0.4) is 0 Å². The fourth-order valence-corrected chi connectivity index (χ4v) is 2.83. The summed E-state index contributed by atoms with van der Waals surface area (Å²) in [6.45, 7) is 3.27. The van der Waals surface area contributed by atoms with Crippen LogP contribution in [0.5, 0.6) is 5.75 Å². The molecule has 0 radical (unpaired) electrons. The number of benzene rings is 2. The molecule has 0 saturated heterocycles. The highest BCUT2D eigenvalue weighted by Crippen LogP contribution is 2.13. The molecule has 3 N–H and O–H groups in total. The summed E-state index contributed by atoms with van der Waals surface area (Å²) in [5.41, 5.74) is 1.24. The third-order valence-corrected chi connectivity index (χ3v) is 4.62. The van der Waals surface area contributed by atoms with E-state index in [-0.39, 0.29) is 37.3 Å². The van der Waals surface area contributed by atoms with Crippen LogP contribution in [0.4, 0.5) is 5.69 Å². The Labute approximate surface area is 192 Å². The minimum Gasteiger partial charge on any atom is -0.484 e. The maximum Gasteiger partial charge on any atom is 0.325 e. The lowest BCUT2D eigenvalue weighted by atomic mass is 10.0. The van der Waals surface area contributed by atoms with Crippen LogP contribution in [0.1, 0.15) is 19.4 Å². The van der Waals surface area contributed by atoms with E-state index in [2.05, 4.69) is 20.7 Å². The average molecular weight is 456 g/mol. The van der Waals surface area contributed by atoms with Gasteiger partial charge in [0.15, 0.2) is 6.61 Å². The molecular weight excluding hydrogens is 426 g/mol. The van der Waals surface area contributed by atoms with Gasteiger partial charge in [-0.1, -0.05) is 44.2 Å². The van der Waals surface area contributed by atoms with Crippen molar-refractivity contribution in [3.8, 4) is 5.75 Å². The maximum absolute atomic E-state index is 12.7. The SMILES string of the molecule is COC(=O)CNC(=O)Cc1ccc(NC(=O)C(NC(=O)COc2ccccc2)C(C)C)cc1. The molecule has 33 heavy (non-hydrogen) atoms. The molecule has 3 amide bonds. The summed E-state index contributed by atoms with van der Waals surface area (Å²) in [7, 11) is 1.25. The quantitative estimate of drug-likeness (QED) is 0.443. The number of ether oxygens (including phenoxy) is 2. The zero-order valence-corrected chi connectivity index (χ0v) is 18.9.